The Balaban J connectivity index is 2.28. The maximum absolute atomic E-state index is 12.5. The van der Waals surface area contributed by atoms with Crippen LogP contribution in [0.2, 0.25) is 0 Å². The maximum Gasteiger partial charge on any atom is 0.312 e. The van der Waals surface area contributed by atoms with Crippen LogP contribution in [0.3, 0.4) is 0 Å². The van der Waals surface area contributed by atoms with Crippen LogP contribution in [0, 0.1) is 5.82 Å². The van der Waals surface area contributed by atoms with Crippen LogP contribution < -0.4 is 5.32 Å². The van der Waals surface area contributed by atoms with E-state index in [0.717, 1.165) is 5.56 Å². The van der Waals surface area contributed by atoms with Crippen LogP contribution in [0.4, 0.5) is 4.39 Å². The number of hydrogen-bond donors (Lipinski definition) is 2. The SMILES string of the molecule is O=C(O)CC(=O)NCCc1ccc(F)cc1. The lowest BCUT2D eigenvalue weighted by atomic mass is 10.1. The molecule has 5 heteroatoms. The van der Waals surface area contributed by atoms with E-state index < -0.39 is 18.3 Å². The second-order valence-electron chi connectivity index (χ2n) is 3.30. The summed E-state index contributed by atoms with van der Waals surface area (Å²) in [4.78, 5) is 21.1. The first kappa shape index (κ1) is 12.2. The lowest BCUT2D eigenvalue weighted by Gasteiger charge is -2.03. The van der Waals surface area contributed by atoms with Crippen molar-refractivity contribution in [3.8, 4) is 0 Å². The van der Waals surface area contributed by atoms with E-state index in [1.807, 2.05) is 0 Å². The molecule has 2 N–H and O–H groups in total. The maximum atomic E-state index is 12.5. The molecule has 0 saturated carbocycles. The monoisotopic (exact) mass is 225 g/mol. The molecule has 0 spiro atoms. The van der Waals surface area contributed by atoms with Gasteiger partial charge in [0.05, 0.1) is 0 Å². The van der Waals surface area contributed by atoms with Crippen LogP contribution >= 0.6 is 0 Å². The quantitative estimate of drug-likeness (QED) is 0.733. The van der Waals surface area contributed by atoms with Crippen molar-refractivity contribution in [1.29, 1.82) is 0 Å². The highest BCUT2D eigenvalue weighted by atomic mass is 19.1. The molecule has 0 radical (unpaired) electrons. The van der Waals surface area contributed by atoms with Gasteiger partial charge in [0.1, 0.15) is 12.2 Å². The number of carbonyl (C=O) groups is 2. The molecule has 1 aromatic carbocycles. The molecular formula is C11H12FNO3. The number of halogens is 1. The number of amides is 1. The van der Waals surface area contributed by atoms with E-state index >= 15 is 0 Å². The summed E-state index contributed by atoms with van der Waals surface area (Å²) in [6.45, 7) is 0.345. The van der Waals surface area contributed by atoms with Gasteiger partial charge in [0, 0.05) is 6.54 Å². The highest BCUT2D eigenvalue weighted by Crippen LogP contribution is 2.02. The zero-order chi connectivity index (χ0) is 12.0. The lowest BCUT2D eigenvalue weighted by molar-refractivity contribution is -0.140. The van der Waals surface area contributed by atoms with Crippen molar-refractivity contribution in [3.63, 3.8) is 0 Å². The van der Waals surface area contributed by atoms with E-state index in [2.05, 4.69) is 5.32 Å². The van der Waals surface area contributed by atoms with E-state index in [1.165, 1.54) is 12.1 Å². The zero-order valence-corrected chi connectivity index (χ0v) is 8.57. The average Bonchev–Trinajstić information content (AvgIpc) is 2.20. The minimum absolute atomic E-state index is 0.307. The summed E-state index contributed by atoms with van der Waals surface area (Å²) in [5.74, 6) is -1.98. The lowest BCUT2D eigenvalue weighted by Crippen LogP contribution is -2.27. The molecule has 1 aromatic rings. The van der Waals surface area contributed by atoms with Gasteiger partial charge in [-0.05, 0) is 24.1 Å². The Morgan fingerprint density at radius 3 is 2.44 bits per heavy atom. The summed E-state index contributed by atoms with van der Waals surface area (Å²) in [6.07, 6.45) is 0.0229. The number of carboxylic acids is 1. The fraction of sp³-hybridized carbons (Fsp3) is 0.273. The Kier molecular flexibility index (Phi) is 4.44. The minimum atomic E-state index is -1.15. The van der Waals surface area contributed by atoms with Crippen molar-refractivity contribution in [2.24, 2.45) is 0 Å². The van der Waals surface area contributed by atoms with Crippen molar-refractivity contribution >= 4 is 11.9 Å². The van der Waals surface area contributed by atoms with Gasteiger partial charge in [-0.25, -0.2) is 4.39 Å². The zero-order valence-electron chi connectivity index (χ0n) is 8.57. The van der Waals surface area contributed by atoms with Crippen LogP contribution in [-0.4, -0.2) is 23.5 Å². The number of aliphatic carboxylic acids is 1. The molecule has 86 valence electrons. The van der Waals surface area contributed by atoms with Gasteiger partial charge in [0.15, 0.2) is 0 Å². The summed E-state index contributed by atoms with van der Waals surface area (Å²) in [6, 6.07) is 5.93. The summed E-state index contributed by atoms with van der Waals surface area (Å²) in [5, 5.41) is 10.8. The van der Waals surface area contributed by atoms with Gasteiger partial charge in [-0.3, -0.25) is 9.59 Å². The molecule has 0 unspecified atom stereocenters. The van der Waals surface area contributed by atoms with E-state index in [4.69, 9.17) is 5.11 Å². The van der Waals surface area contributed by atoms with Crippen molar-refractivity contribution in [2.75, 3.05) is 6.54 Å². The third-order valence-electron chi connectivity index (χ3n) is 1.96. The molecule has 0 aliphatic rings. The first-order chi connectivity index (χ1) is 7.58. The second kappa shape index (κ2) is 5.85. The fourth-order valence-corrected chi connectivity index (χ4v) is 1.20. The van der Waals surface area contributed by atoms with Crippen LogP contribution in [0.15, 0.2) is 24.3 Å². The smallest absolute Gasteiger partial charge is 0.312 e. The Hall–Kier alpha value is -1.91. The molecule has 0 aliphatic heterocycles. The third-order valence-corrected chi connectivity index (χ3v) is 1.96. The van der Waals surface area contributed by atoms with Gasteiger partial charge in [-0.1, -0.05) is 12.1 Å². The Morgan fingerprint density at radius 1 is 1.25 bits per heavy atom. The molecule has 1 amide bonds. The second-order valence-corrected chi connectivity index (χ2v) is 3.30. The molecule has 0 fully saturated rings. The van der Waals surface area contributed by atoms with Crippen LogP contribution in [0.25, 0.3) is 0 Å². The van der Waals surface area contributed by atoms with Crippen LogP contribution in [0.5, 0.6) is 0 Å². The number of hydrogen-bond acceptors (Lipinski definition) is 2. The first-order valence-corrected chi connectivity index (χ1v) is 4.81. The van der Waals surface area contributed by atoms with Crippen LogP contribution in [0.1, 0.15) is 12.0 Å². The normalized spacial score (nSPS) is 9.81. The van der Waals surface area contributed by atoms with E-state index in [1.54, 1.807) is 12.1 Å². The standard InChI is InChI=1S/C11H12FNO3/c12-9-3-1-8(2-4-9)5-6-13-10(14)7-11(15)16/h1-4H,5-7H2,(H,13,14)(H,15,16). The molecule has 0 heterocycles. The number of carbonyl (C=O) groups excluding carboxylic acids is 1. The minimum Gasteiger partial charge on any atom is -0.481 e. The van der Waals surface area contributed by atoms with Crippen molar-refractivity contribution < 1.29 is 19.1 Å². The summed E-state index contributed by atoms with van der Waals surface area (Å²) in [7, 11) is 0. The van der Waals surface area contributed by atoms with Crippen molar-refractivity contribution in [3.05, 3.63) is 35.6 Å². The average molecular weight is 225 g/mol. The van der Waals surface area contributed by atoms with Crippen molar-refractivity contribution in [1.82, 2.24) is 5.32 Å². The molecule has 0 aromatic heterocycles. The fourth-order valence-electron chi connectivity index (χ4n) is 1.20. The van der Waals surface area contributed by atoms with E-state index in [9.17, 15) is 14.0 Å². The predicted molar refractivity (Wildman–Crippen MR) is 55.4 cm³/mol. The summed E-state index contributed by atoms with van der Waals surface area (Å²) in [5.41, 5.74) is 0.886. The molecule has 0 aliphatic carbocycles. The first-order valence-electron chi connectivity index (χ1n) is 4.81. The predicted octanol–water partition coefficient (Wildman–Crippen LogP) is 0.959. The highest BCUT2D eigenvalue weighted by Gasteiger charge is 2.05. The van der Waals surface area contributed by atoms with E-state index in [-0.39, 0.29) is 5.82 Å². The number of benzene rings is 1. The molecule has 0 saturated heterocycles. The van der Waals surface area contributed by atoms with Crippen molar-refractivity contribution in [2.45, 2.75) is 12.8 Å². The number of carboxylic acid groups (broad SMARTS) is 1. The molecule has 1 rings (SSSR count). The third kappa shape index (κ3) is 4.54. The van der Waals surface area contributed by atoms with Gasteiger partial charge in [-0.15, -0.1) is 0 Å². The van der Waals surface area contributed by atoms with Gasteiger partial charge in [0.25, 0.3) is 0 Å². The molecule has 16 heavy (non-hydrogen) atoms. The van der Waals surface area contributed by atoms with Gasteiger partial charge in [0.2, 0.25) is 5.91 Å². The highest BCUT2D eigenvalue weighted by molar-refractivity contribution is 5.93. The molecule has 0 bridgehead atoms. The topological polar surface area (TPSA) is 66.4 Å². The summed E-state index contributed by atoms with van der Waals surface area (Å²) >= 11 is 0. The van der Waals surface area contributed by atoms with E-state index in [0.29, 0.717) is 13.0 Å². The summed E-state index contributed by atoms with van der Waals surface area (Å²) < 4.78 is 12.5. The Labute approximate surface area is 92.1 Å². The molecule has 0 atom stereocenters. The number of rotatable bonds is 5. The molecule has 4 nitrogen and oxygen atoms in total. The molecular weight excluding hydrogens is 213 g/mol. The number of nitrogens with one attached hydrogen (secondary N) is 1. The Bertz CT molecular complexity index is 375. The van der Waals surface area contributed by atoms with Crippen LogP contribution in [-0.2, 0) is 16.0 Å². The van der Waals surface area contributed by atoms with Gasteiger partial charge in [-0.2, -0.15) is 0 Å². The van der Waals surface area contributed by atoms with Gasteiger partial charge < -0.3 is 10.4 Å². The van der Waals surface area contributed by atoms with Gasteiger partial charge >= 0.3 is 5.97 Å². The largest absolute Gasteiger partial charge is 0.481 e. The Morgan fingerprint density at radius 2 is 1.88 bits per heavy atom.